The highest BCUT2D eigenvalue weighted by Gasteiger charge is 1.99. The molecule has 2 aromatic rings. The van der Waals surface area contributed by atoms with E-state index >= 15 is 0 Å². The molecule has 0 fully saturated rings. The van der Waals surface area contributed by atoms with Gasteiger partial charge in [-0.2, -0.15) is 0 Å². The van der Waals surface area contributed by atoms with Crippen LogP contribution in [0.3, 0.4) is 0 Å². The summed E-state index contributed by atoms with van der Waals surface area (Å²) in [5.41, 5.74) is 1.14. The van der Waals surface area contributed by atoms with Crippen LogP contribution in [0, 0.1) is 5.41 Å². The Balaban J connectivity index is 2.38. The Bertz CT molecular complexity index is 469. The summed E-state index contributed by atoms with van der Waals surface area (Å²) >= 11 is 2.96. The summed E-state index contributed by atoms with van der Waals surface area (Å²) in [6.45, 7) is 0. The topological polar surface area (TPSA) is 33.1 Å². The molecule has 0 aliphatic heterocycles. The summed E-state index contributed by atoms with van der Waals surface area (Å²) in [6.07, 6.45) is 0. The number of hydrogen-bond acceptors (Lipinski definition) is 4. The van der Waals surface area contributed by atoms with E-state index in [2.05, 4.69) is 0 Å². The molecular formula is C10H9NOS2. The van der Waals surface area contributed by atoms with Gasteiger partial charge in [-0.3, -0.25) is 5.41 Å². The van der Waals surface area contributed by atoms with Gasteiger partial charge in [-0.25, -0.2) is 0 Å². The molecule has 0 amide bonds. The lowest BCUT2D eigenvalue weighted by molar-refractivity contribution is 0.415. The standard InChI is InChI=1S/C10H9NOS2/c1-12-8-4-2-7(3-5-8)9-6-13-10(11)14-9/h2-6,11H,1H3. The van der Waals surface area contributed by atoms with E-state index < -0.39 is 0 Å². The zero-order valence-electron chi connectivity index (χ0n) is 7.61. The van der Waals surface area contributed by atoms with Gasteiger partial charge in [0.25, 0.3) is 0 Å². The first-order valence-corrected chi connectivity index (χ1v) is 5.77. The van der Waals surface area contributed by atoms with Crippen molar-refractivity contribution in [3.05, 3.63) is 33.6 Å². The zero-order chi connectivity index (χ0) is 9.97. The van der Waals surface area contributed by atoms with Crippen LogP contribution in [-0.4, -0.2) is 7.11 Å². The van der Waals surface area contributed by atoms with Crippen LogP contribution in [0.15, 0.2) is 29.6 Å². The molecule has 0 aliphatic carbocycles. The van der Waals surface area contributed by atoms with Crippen LogP contribution in [0.4, 0.5) is 0 Å². The highest BCUT2D eigenvalue weighted by atomic mass is 32.2. The van der Waals surface area contributed by atoms with Gasteiger partial charge in [0, 0.05) is 10.3 Å². The Morgan fingerprint density at radius 2 is 1.93 bits per heavy atom. The molecule has 1 N–H and O–H groups in total. The van der Waals surface area contributed by atoms with Gasteiger partial charge in [0.05, 0.1) is 7.11 Å². The molecule has 0 radical (unpaired) electrons. The Morgan fingerprint density at radius 1 is 1.21 bits per heavy atom. The zero-order valence-corrected chi connectivity index (χ0v) is 9.24. The van der Waals surface area contributed by atoms with Gasteiger partial charge in [-0.15, -0.1) is 22.7 Å². The molecular weight excluding hydrogens is 214 g/mol. The van der Waals surface area contributed by atoms with Gasteiger partial charge >= 0.3 is 0 Å². The van der Waals surface area contributed by atoms with Crippen molar-refractivity contribution < 1.29 is 4.74 Å². The molecule has 0 saturated carbocycles. The fourth-order valence-electron chi connectivity index (χ4n) is 1.14. The molecule has 72 valence electrons. The molecule has 1 aromatic heterocycles. The molecule has 4 heteroatoms. The third-order valence-corrected chi connectivity index (χ3v) is 3.86. The second-order valence-corrected chi connectivity index (χ2v) is 4.91. The van der Waals surface area contributed by atoms with E-state index in [1.807, 2.05) is 29.6 Å². The van der Waals surface area contributed by atoms with Crippen LogP contribution in [0.2, 0.25) is 0 Å². The van der Waals surface area contributed by atoms with Gasteiger partial charge in [0.1, 0.15) is 5.75 Å². The van der Waals surface area contributed by atoms with Crippen molar-refractivity contribution in [2.24, 2.45) is 0 Å². The van der Waals surface area contributed by atoms with Gasteiger partial charge in [-0.1, -0.05) is 0 Å². The molecule has 2 nitrogen and oxygen atoms in total. The van der Waals surface area contributed by atoms with Gasteiger partial charge in [-0.05, 0) is 29.8 Å². The predicted octanol–water partition coefficient (Wildman–Crippen LogP) is 2.96. The second kappa shape index (κ2) is 3.94. The predicted molar refractivity (Wildman–Crippen MR) is 60.0 cm³/mol. The van der Waals surface area contributed by atoms with E-state index in [4.69, 9.17) is 10.1 Å². The normalized spacial score (nSPS) is 10.1. The maximum atomic E-state index is 7.46. The van der Waals surface area contributed by atoms with Crippen LogP contribution in [0.5, 0.6) is 5.75 Å². The first kappa shape index (κ1) is 9.43. The molecule has 1 aromatic carbocycles. The molecule has 2 rings (SSSR count). The third kappa shape index (κ3) is 1.86. The van der Waals surface area contributed by atoms with Gasteiger partial charge < -0.3 is 4.74 Å². The maximum Gasteiger partial charge on any atom is 0.163 e. The van der Waals surface area contributed by atoms with Crippen molar-refractivity contribution in [3.8, 4) is 16.2 Å². The first-order valence-electron chi connectivity index (χ1n) is 4.07. The van der Waals surface area contributed by atoms with Crippen LogP contribution in [0.1, 0.15) is 0 Å². The van der Waals surface area contributed by atoms with Crippen LogP contribution in [0.25, 0.3) is 10.4 Å². The van der Waals surface area contributed by atoms with Crippen molar-refractivity contribution in [1.29, 1.82) is 5.41 Å². The smallest absolute Gasteiger partial charge is 0.163 e. The third-order valence-electron chi connectivity index (χ3n) is 1.85. The minimum absolute atomic E-state index is 0.635. The van der Waals surface area contributed by atoms with Crippen molar-refractivity contribution in [3.63, 3.8) is 0 Å². The summed E-state index contributed by atoms with van der Waals surface area (Å²) in [5.74, 6) is 0.861. The Kier molecular flexibility index (Phi) is 2.65. The lowest BCUT2D eigenvalue weighted by Gasteiger charge is -2.00. The number of methoxy groups -OCH3 is 1. The van der Waals surface area contributed by atoms with Crippen LogP contribution >= 0.6 is 22.7 Å². The monoisotopic (exact) mass is 223 g/mol. The summed E-state index contributed by atoms with van der Waals surface area (Å²) in [5, 5.41) is 9.46. The molecule has 14 heavy (non-hydrogen) atoms. The highest BCUT2D eigenvalue weighted by Crippen LogP contribution is 2.25. The van der Waals surface area contributed by atoms with E-state index in [0.29, 0.717) is 3.98 Å². The van der Waals surface area contributed by atoms with E-state index in [1.54, 1.807) is 7.11 Å². The summed E-state index contributed by atoms with van der Waals surface area (Å²) < 4.78 is 5.71. The average Bonchev–Trinajstić information content (AvgIpc) is 2.65. The van der Waals surface area contributed by atoms with Gasteiger partial charge in [0.15, 0.2) is 3.98 Å². The van der Waals surface area contributed by atoms with Crippen molar-refractivity contribution in [2.45, 2.75) is 0 Å². The Morgan fingerprint density at radius 3 is 2.43 bits per heavy atom. The summed E-state index contributed by atoms with van der Waals surface area (Å²) in [7, 11) is 1.66. The number of benzene rings is 1. The minimum Gasteiger partial charge on any atom is -0.497 e. The Labute approximate surface area is 89.9 Å². The number of nitrogens with one attached hydrogen (secondary N) is 1. The fraction of sp³-hybridized carbons (Fsp3) is 0.100. The fourth-order valence-corrected chi connectivity index (χ4v) is 2.88. The lowest BCUT2D eigenvalue weighted by atomic mass is 10.2. The molecule has 0 atom stereocenters. The lowest BCUT2D eigenvalue weighted by Crippen LogP contribution is -1.81. The van der Waals surface area contributed by atoms with Crippen LogP contribution in [-0.2, 0) is 0 Å². The second-order valence-electron chi connectivity index (χ2n) is 2.72. The molecule has 0 spiro atoms. The number of hydrogen-bond donors (Lipinski definition) is 1. The first-order chi connectivity index (χ1) is 6.79. The SMILES string of the molecule is COc1ccc(-c2csc(=N)s2)cc1. The highest BCUT2D eigenvalue weighted by molar-refractivity contribution is 7.28. The quantitative estimate of drug-likeness (QED) is 0.834. The van der Waals surface area contributed by atoms with Gasteiger partial charge in [0.2, 0.25) is 0 Å². The van der Waals surface area contributed by atoms with E-state index in [1.165, 1.54) is 22.7 Å². The number of rotatable bonds is 2. The van der Waals surface area contributed by atoms with E-state index in [9.17, 15) is 0 Å². The minimum atomic E-state index is 0.635. The molecule has 0 unspecified atom stereocenters. The van der Waals surface area contributed by atoms with Crippen molar-refractivity contribution in [1.82, 2.24) is 0 Å². The largest absolute Gasteiger partial charge is 0.497 e. The molecule has 1 heterocycles. The average molecular weight is 223 g/mol. The molecule has 0 bridgehead atoms. The van der Waals surface area contributed by atoms with E-state index in [-0.39, 0.29) is 0 Å². The number of ether oxygens (including phenoxy) is 1. The Hall–Kier alpha value is -1.13. The summed E-state index contributed by atoms with van der Waals surface area (Å²) in [6, 6.07) is 7.89. The van der Waals surface area contributed by atoms with Crippen molar-refractivity contribution in [2.75, 3.05) is 7.11 Å². The summed E-state index contributed by atoms with van der Waals surface area (Å²) in [4.78, 5) is 1.14. The molecule has 0 aliphatic rings. The maximum absolute atomic E-state index is 7.46. The van der Waals surface area contributed by atoms with Crippen LogP contribution < -0.4 is 8.72 Å². The van der Waals surface area contributed by atoms with E-state index in [0.717, 1.165) is 16.2 Å². The van der Waals surface area contributed by atoms with Crippen molar-refractivity contribution >= 4 is 22.7 Å². The molecule has 0 saturated heterocycles.